The lowest BCUT2D eigenvalue weighted by molar-refractivity contribution is -0.119. The summed E-state index contributed by atoms with van der Waals surface area (Å²) in [5.41, 5.74) is 3.43. The van der Waals surface area contributed by atoms with Gasteiger partial charge in [0.25, 0.3) is 10.0 Å². The summed E-state index contributed by atoms with van der Waals surface area (Å²) in [6.45, 7) is 0.996. The van der Waals surface area contributed by atoms with E-state index in [1.54, 1.807) is 49.6 Å². The molecule has 1 aliphatic heterocycles. The van der Waals surface area contributed by atoms with Crippen molar-refractivity contribution < 1.29 is 23.1 Å². The van der Waals surface area contributed by atoms with Crippen LogP contribution in [0.15, 0.2) is 71.9 Å². The van der Waals surface area contributed by atoms with E-state index in [2.05, 4.69) is 15.0 Å². The number of carbonyl (C=O) groups excluding carboxylic acids is 1. The molecule has 1 amide bonds. The second kappa shape index (κ2) is 11.8. The van der Waals surface area contributed by atoms with Gasteiger partial charge >= 0.3 is 0 Å². The zero-order valence-corrected chi connectivity index (χ0v) is 21.7. The summed E-state index contributed by atoms with van der Waals surface area (Å²) in [6.07, 6.45) is 4.32. The predicted octanol–water partition coefficient (Wildman–Crippen LogP) is 2.13. The third-order valence-corrected chi connectivity index (χ3v) is 7.43. The van der Waals surface area contributed by atoms with Crippen LogP contribution in [0.4, 0.5) is 0 Å². The van der Waals surface area contributed by atoms with Gasteiger partial charge in [-0.15, -0.1) is 0 Å². The molecule has 0 saturated heterocycles. The monoisotopic (exact) mass is 524 g/mol. The van der Waals surface area contributed by atoms with E-state index < -0.39 is 22.0 Å². The molecule has 3 aromatic rings. The number of fused-ring (bicyclic) bond motifs is 1. The maximum absolute atomic E-state index is 12.7. The van der Waals surface area contributed by atoms with Crippen LogP contribution in [0.1, 0.15) is 23.7 Å². The van der Waals surface area contributed by atoms with Crippen molar-refractivity contribution in [3.05, 3.63) is 78.1 Å². The van der Waals surface area contributed by atoms with Crippen LogP contribution in [-0.2, 0) is 21.2 Å². The Labute approximate surface area is 217 Å². The van der Waals surface area contributed by atoms with Gasteiger partial charge in [0.15, 0.2) is 0 Å². The molecule has 1 aromatic heterocycles. The first-order chi connectivity index (χ1) is 17.7. The maximum atomic E-state index is 12.7. The third-order valence-electron chi connectivity index (χ3n) is 6.05. The van der Waals surface area contributed by atoms with Gasteiger partial charge in [-0.1, -0.05) is 24.3 Å². The zero-order valence-electron chi connectivity index (χ0n) is 20.9. The molecule has 37 heavy (non-hydrogen) atoms. The van der Waals surface area contributed by atoms with Crippen LogP contribution in [0.5, 0.6) is 5.75 Å². The van der Waals surface area contributed by atoms with Crippen molar-refractivity contribution in [1.82, 2.24) is 19.9 Å². The van der Waals surface area contributed by atoms with Gasteiger partial charge < -0.3 is 20.1 Å². The number of hydrogen-bond acceptors (Lipinski definition) is 8. The fourth-order valence-corrected chi connectivity index (χ4v) is 5.23. The fraction of sp³-hybridized carbons (Fsp3) is 0.333. The Balaban J connectivity index is 1.38. The van der Waals surface area contributed by atoms with Gasteiger partial charge in [0.2, 0.25) is 5.91 Å². The Morgan fingerprint density at radius 2 is 1.97 bits per heavy atom. The maximum Gasteiger partial charge on any atom is 0.264 e. The van der Waals surface area contributed by atoms with Crippen LogP contribution in [0.25, 0.3) is 11.1 Å². The summed E-state index contributed by atoms with van der Waals surface area (Å²) < 4.78 is 33.7. The number of nitrogens with one attached hydrogen (secondary N) is 2. The van der Waals surface area contributed by atoms with Gasteiger partial charge in [-0.25, -0.2) is 13.1 Å². The Morgan fingerprint density at radius 3 is 2.73 bits per heavy atom. The topological polar surface area (TPSA) is 121 Å². The Bertz CT molecular complexity index is 1330. The molecular weight excluding hydrogens is 492 g/mol. The number of rotatable bonds is 10. The lowest BCUT2D eigenvalue weighted by Gasteiger charge is -2.27. The third kappa shape index (κ3) is 7.14. The molecule has 196 valence electrons. The molecule has 2 atom stereocenters. The first kappa shape index (κ1) is 26.7. The van der Waals surface area contributed by atoms with Gasteiger partial charge in [0.1, 0.15) is 11.9 Å². The van der Waals surface area contributed by atoms with E-state index in [1.807, 2.05) is 30.3 Å². The van der Waals surface area contributed by atoms with E-state index >= 15 is 0 Å². The van der Waals surface area contributed by atoms with Crippen molar-refractivity contribution in [1.29, 1.82) is 0 Å². The number of benzene rings is 2. The number of ether oxygens (including phenoxy) is 1. The van der Waals surface area contributed by atoms with Gasteiger partial charge in [-0.05, 0) is 74.0 Å². The molecule has 0 radical (unpaired) electrons. The summed E-state index contributed by atoms with van der Waals surface area (Å²) in [5.74, 6) is 0.214. The molecule has 2 unspecified atom stereocenters. The molecule has 0 aliphatic carbocycles. The number of aliphatic hydroxyl groups excluding tert-OH is 1. The number of sulfonamides is 1. The minimum absolute atomic E-state index is 0.0151. The van der Waals surface area contributed by atoms with Crippen LogP contribution >= 0.6 is 0 Å². The van der Waals surface area contributed by atoms with E-state index in [9.17, 15) is 18.3 Å². The highest BCUT2D eigenvalue weighted by Crippen LogP contribution is 2.32. The van der Waals surface area contributed by atoms with Crippen molar-refractivity contribution in [2.45, 2.75) is 29.9 Å². The average Bonchev–Trinajstić information content (AvgIpc) is 2.88. The molecule has 9 nitrogen and oxygen atoms in total. The SMILES string of the molecule is CN(C)CC(=O)NS(=O)(=O)c1cccc(-c2ccc3c(c2)CCC(CNCC(O)c2cccnc2)O3)c1. The summed E-state index contributed by atoms with van der Waals surface area (Å²) in [7, 11) is -0.584. The van der Waals surface area contributed by atoms with Gasteiger partial charge in [0, 0.05) is 31.0 Å². The number of nitrogens with zero attached hydrogens (tertiary/aromatic N) is 2. The molecule has 0 spiro atoms. The highest BCUT2D eigenvalue weighted by Gasteiger charge is 2.22. The standard InChI is InChI=1S/C27H32N4O5S/c1-31(2)18-27(33)30-37(34,35)24-7-3-5-19(14-24)20-9-11-26-21(13-20)8-10-23(36-26)16-29-17-25(32)22-6-4-12-28-15-22/h3-7,9,11-15,23,25,29,32H,8,10,16-18H2,1-2H3,(H,30,33). The number of hydrogen-bond donors (Lipinski definition) is 3. The molecule has 3 N–H and O–H groups in total. The molecule has 2 aromatic carbocycles. The lowest BCUT2D eigenvalue weighted by Crippen LogP contribution is -2.37. The Hall–Kier alpha value is -3.31. The molecule has 0 saturated carbocycles. The zero-order chi connectivity index (χ0) is 26.4. The Morgan fingerprint density at radius 1 is 1.16 bits per heavy atom. The van der Waals surface area contributed by atoms with Gasteiger partial charge in [0.05, 0.1) is 17.5 Å². The number of aryl methyl sites for hydroxylation is 1. The average molecular weight is 525 g/mol. The number of amides is 1. The van der Waals surface area contributed by atoms with Crippen molar-refractivity contribution in [3.63, 3.8) is 0 Å². The van der Waals surface area contributed by atoms with Crippen LogP contribution in [0.2, 0.25) is 0 Å². The first-order valence-corrected chi connectivity index (χ1v) is 13.6. The molecule has 4 rings (SSSR count). The van der Waals surface area contributed by atoms with Crippen molar-refractivity contribution in [2.24, 2.45) is 0 Å². The smallest absolute Gasteiger partial charge is 0.264 e. The fourth-order valence-electron chi connectivity index (χ4n) is 4.21. The summed E-state index contributed by atoms with van der Waals surface area (Å²) in [6, 6.07) is 16.0. The number of pyridine rings is 1. The number of aliphatic hydroxyl groups is 1. The molecular formula is C27H32N4O5S. The molecule has 10 heteroatoms. The van der Waals surface area contributed by atoms with Gasteiger partial charge in [-0.2, -0.15) is 0 Å². The van der Waals surface area contributed by atoms with Crippen LogP contribution in [0.3, 0.4) is 0 Å². The minimum Gasteiger partial charge on any atom is -0.489 e. The highest BCUT2D eigenvalue weighted by molar-refractivity contribution is 7.90. The minimum atomic E-state index is -3.97. The van der Waals surface area contributed by atoms with E-state index in [-0.39, 0.29) is 17.5 Å². The molecule has 1 aliphatic rings. The second-order valence-corrected chi connectivity index (χ2v) is 11.0. The Kier molecular flexibility index (Phi) is 8.55. The quantitative estimate of drug-likeness (QED) is 0.369. The predicted molar refractivity (Wildman–Crippen MR) is 141 cm³/mol. The largest absolute Gasteiger partial charge is 0.489 e. The van der Waals surface area contributed by atoms with Gasteiger partial charge in [-0.3, -0.25) is 9.78 Å². The normalized spacial score (nSPS) is 16.1. The van der Waals surface area contributed by atoms with Crippen LogP contribution in [-0.4, -0.2) is 69.1 Å². The first-order valence-electron chi connectivity index (χ1n) is 12.1. The van der Waals surface area contributed by atoms with E-state index in [0.29, 0.717) is 13.1 Å². The van der Waals surface area contributed by atoms with Crippen LogP contribution < -0.4 is 14.8 Å². The van der Waals surface area contributed by atoms with E-state index in [4.69, 9.17) is 4.74 Å². The lowest BCUT2D eigenvalue weighted by atomic mass is 9.97. The van der Waals surface area contributed by atoms with Crippen LogP contribution in [0, 0.1) is 0 Å². The number of likely N-dealkylation sites (N-methyl/N-ethyl adjacent to an activating group) is 1. The second-order valence-electron chi connectivity index (χ2n) is 9.36. The van der Waals surface area contributed by atoms with Crippen molar-refractivity contribution in [2.75, 3.05) is 33.7 Å². The molecule has 0 fully saturated rings. The number of carbonyl (C=O) groups is 1. The summed E-state index contributed by atoms with van der Waals surface area (Å²) in [4.78, 5) is 17.7. The number of aromatic nitrogens is 1. The highest BCUT2D eigenvalue weighted by atomic mass is 32.2. The van der Waals surface area contributed by atoms with E-state index in [1.165, 1.54) is 6.07 Å². The summed E-state index contributed by atoms with van der Waals surface area (Å²) >= 11 is 0. The van der Waals surface area contributed by atoms with Crippen molar-refractivity contribution >= 4 is 15.9 Å². The molecule has 0 bridgehead atoms. The summed E-state index contributed by atoms with van der Waals surface area (Å²) in [5, 5.41) is 13.6. The van der Waals surface area contributed by atoms with E-state index in [0.717, 1.165) is 40.8 Å². The molecule has 2 heterocycles. The van der Waals surface area contributed by atoms with Crippen molar-refractivity contribution in [3.8, 4) is 16.9 Å².